The Hall–Kier alpha value is -1.30. The summed E-state index contributed by atoms with van der Waals surface area (Å²) in [6, 6.07) is 2.52. The number of carboxylic acid groups (broad SMARTS) is 1. The molecule has 0 aliphatic heterocycles. The van der Waals surface area contributed by atoms with Gasteiger partial charge in [0, 0.05) is 24.8 Å². The Labute approximate surface area is 172 Å². The summed E-state index contributed by atoms with van der Waals surface area (Å²) in [5, 5.41) is 31.3. The number of nitrogens with one attached hydrogen (secondary N) is 2. The lowest BCUT2D eigenvalue weighted by molar-refractivity contribution is -0.140. The first-order chi connectivity index (χ1) is 13.5. The van der Waals surface area contributed by atoms with E-state index in [1.165, 1.54) is 71.1 Å². The molecule has 0 saturated heterocycles. The highest BCUT2D eigenvalue weighted by Crippen LogP contribution is 2.22. The molecule has 0 spiro atoms. The zero-order chi connectivity index (χ0) is 20.8. The number of rotatable bonds is 8. The molecule has 0 radical (unpaired) electrons. The predicted octanol–water partition coefficient (Wildman–Crippen LogP) is 2.43. The van der Waals surface area contributed by atoms with Crippen molar-refractivity contribution in [2.24, 2.45) is 0 Å². The molecule has 2 fully saturated rings. The molecule has 2 aliphatic rings. The molecule has 1 amide bonds. The predicted molar refractivity (Wildman–Crippen MR) is 111 cm³/mol. The van der Waals surface area contributed by atoms with E-state index in [1.54, 1.807) is 6.07 Å². The summed E-state index contributed by atoms with van der Waals surface area (Å²) in [6.45, 7) is 0.877. The molecule has 160 valence electrons. The maximum absolute atomic E-state index is 10.7. The number of amides is 1. The standard InChI is InChI=1S/C12H23N.C8H12N2O4S/c1-3-7-11(8-4-1)13-12-9-5-2-6-10-12;1-5(12)10-7(8(13)14)4-15-6(2-9)3-11/h11-13H,1-10H2;6-7,11H,3-4H2,1H3,(H,10,12)(H,13,14)/t;6?,7-/m.0/s1/i;1+1,5+1. The van der Waals surface area contributed by atoms with Crippen molar-refractivity contribution >= 4 is 23.6 Å². The van der Waals surface area contributed by atoms with Crippen LogP contribution in [0.5, 0.6) is 0 Å². The Balaban J connectivity index is 0.000000281. The van der Waals surface area contributed by atoms with Crippen LogP contribution >= 0.6 is 11.8 Å². The Kier molecular flexibility index (Phi) is 13.0. The van der Waals surface area contributed by atoms with Crippen LogP contribution in [0, 0.1) is 11.3 Å². The van der Waals surface area contributed by atoms with Crippen LogP contribution in [0.25, 0.3) is 0 Å². The first-order valence-electron chi connectivity index (χ1n) is 10.3. The lowest BCUT2D eigenvalue weighted by Crippen LogP contribution is -2.41. The second kappa shape index (κ2) is 14.7. The number of thioether (sulfide) groups is 1. The van der Waals surface area contributed by atoms with E-state index in [0.29, 0.717) is 0 Å². The van der Waals surface area contributed by atoms with Crippen molar-refractivity contribution in [3.8, 4) is 6.07 Å². The van der Waals surface area contributed by atoms with Gasteiger partial charge in [0.2, 0.25) is 5.91 Å². The number of aliphatic carboxylic acids is 1. The Morgan fingerprint density at radius 2 is 1.57 bits per heavy atom. The summed E-state index contributed by atoms with van der Waals surface area (Å²) in [7, 11) is 0. The second-order valence-corrected chi connectivity index (χ2v) is 8.80. The monoisotopic (exact) mass is 415 g/mol. The average molecular weight is 416 g/mol. The highest BCUT2D eigenvalue weighted by Gasteiger charge is 2.20. The van der Waals surface area contributed by atoms with Crippen molar-refractivity contribution in [2.75, 3.05) is 12.4 Å². The van der Waals surface area contributed by atoms with Gasteiger partial charge in [0.1, 0.15) is 11.3 Å². The average Bonchev–Trinajstić information content (AvgIpc) is 2.69. The van der Waals surface area contributed by atoms with Gasteiger partial charge in [0.05, 0.1) is 12.7 Å². The third-order valence-corrected chi connectivity index (χ3v) is 6.31. The molecule has 0 heterocycles. The Morgan fingerprint density at radius 1 is 1.07 bits per heavy atom. The third kappa shape index (κ3) is 10.9. The van der Waals surface area contributed by atoms with Crippen molar-refractivity contribution in [3.63, 3.8) is 0 Å². The van der Waals surface area contributed by atoms with Gasteiger partial charge in [-0.05, 0) is 25.7 Å². The summed E-state index contributed by atoms with van der Waals surface area (Å²) in [6.07, 6.45) is 14.6. The topological polar surface area (TPSA) is 122 Å². The van der Waals surface area contributed by atoms with Gasteiger partial charge >= 0.3 is 5.97 Å². The summed E-state index contributed by atoms with van der Waals surface area (Å²) in [4.78, 5) is 21.3. The zero-order valence-corrected chi connectivity index (χ0v) is 17.7. The Bertz CT molecular complexity index is 484. The normalized spacial score (nSPS) is 20.2. The van der Waals surface area contributed by atoms with Gasteiger partial charge in [0.15, 0.2) is 0 Å². The van der Waals surface area contributed by atoms with Crippen molar-refractivity contribution in [1.29, 1.82) is 5.26 Å². The fourth-order valence-electron chi connectivity index (χ4n) is 3.64. The maximum Gasteiger partial charge on any atom is 0.327 e. The number of carbonyl (C=O) groups excluding carboxylic acids is 1. The number of aliphatic hydroxyl groups is 1. The summed E-state index contributed by atoms with van der Waals surface area (Å²) in [5.41, 5.74) is 0. The molecule has 28 heavy (non-hydrogen) atoms. The van der Waals surface area contributed by atoms with Crippen LogP contribution in [0.15, 0.2) is 0 Å². The van der Waals surface area contributed by atoms with Gasteiger partial charge in [-0.1, -0.05) is 38.5 Å². The van der Waals surface area contributed by atoms with Gasteiger partial charge in [-0.3, -0.25) is 4.79 Å². The first-order valence-corrected chi connectivity index (χ1v) is 11.4. The smallest absolute Gasteiger partial charge is 0.327 e. The number of nitrogens with zero attached hydrogens (tertiary/aromatic N) is 1. The van der Waals surface area contributed by atoms with Crippen molar-refractivity contribution in [1.82, 2.24) is 10.6 Å². The second-order valence-electron chi connectivity index (χ2n) is 7.56. The van der Waals surface area contributed by atoms with E-state index in [2.05, 4.69) is 10.6 Å². The van der Waals surface area contributed by atoms with E-state index in [-0.39, 0.29) is 12.4 Å². The van der Waals surface area contributed by atoms with E-state index >= 15 is 0 Å². The largest absolute Gasteiger partial charge is 0.480 e. The van der Waals surface area contributed by atoms with Crippen molar-refractivity contribution in [2.45, 2.75) is 94.5 Å². The first kappa shape index (κ1) is 24.7. The SMILES string of the molecule is C1CCC(NC2CCCCC2)CC1.[13CH3][13C](=O)N[C@@H](CSC(C#N)CO)C(=O)O. The molecule has 0 bridgehead atoms. The van der Waals surface area contributed by atoms with Crippen molar-refractivity contribution < 1.29 is 19.8 Å². The molecule has 8 heteroatoms. The molecule has 2 atom stereocenters. The van der Waals surface area contributed by atoms with Gasteiger partial charge in [-0.2, -0.15) is 5.26 Å². The quantitative estimate of drug-likeness (QED) is 0.449. The minimum absolute atomic E-state index is 0.0493. The molecule has 7 nitrogen and oxygen atoms in total. The number of aliphatic hydroxyl groups excluding tert-OH is 1. The number of nitriles is 1. The summed E-state index contributed by atoms with van der Waals surface area (Å²) >= 11 is 0.993. The molecule has 0 aromatic rings. The van der Waals surface area contributed by atoms with E-state index in [9.17, 15) is 9.59 Å². The minimum atomic E-state index is -1.16. The van der Waals surface area contributed by atoms with Crippen LogP contribution in [-0.4, -0.2) is 57.8 Å². The number of hydrogen-bond donors (Lipinski definition) is 4. The van der Waals surface area contributed by atoms with Crippen molar-refractivity contribution in [3.05, 3.63) is 0 Å². The van der Waals surface area contributed by atoms with E-state index in [0.717, 1.165) is 23.8 Å². The molecule has 0 aromatic carbocycles. The highest BCUT2D eigenvalue weighted by atomic mass is 32.2. The molecule has 0 aromatic heterocycles. The van der Waals surface area contributed by atoms with Crippen LogP contribution in [0.4, 0.5) is 0 Å². The van der Waals surface area contributed by atoms with E-state index in [4.69, 9.17) is 15.5 Å². The molecular formula is C20H35N3O4S. The fraction of sp³-hybridized carbons (Fsp3) is 0.850. The third-order valence-electron chi connectivity index (χ3n) is 5.13. The fourth-order valence-corrected chi connectivity index (χ4v) is 4.47. The maximum atomic E-state index is 10.7. The van der Waals surface area contributed by atoms with Crippen LogP contribution in [0.2, 0.25) is 0 Å². The summed E-state index contributed by atoms with van der Waals surface area (Å²) in [5.74, 6) is -1.55. The van der Waals surface area contributed by atoms with Gasteiger partial charge in [-0.25, -0.2) is 4.79 Å². The molecule has 2 rings (SSSR count). The zero-order valence-electron chi connectivity index (χ0n) is 16.9. The van der Waals surface area contributed by atoms with Gasteiger partial charge in [-0.15, -0.1) is 11.8 Å². The van der Waals surface area contributed by atoms with E-state index < -0.39 is 23.2 Å². The van der Waals surface area contributed by atoms with Crippen LogP contribution < -0.4 is 10.6 Å². The molecule has 4 N–H and O–H groups in total. The molecule has 2 aliphatic carbocycles. The summed E-state index contributed by atoms with van der Waals surface area (Å²) < 4.78 is 0. The molecular weight excluding hydrogens is 380 g/mol. The van der Waals surface area contributed by atoms with E-state index in [1.807, 2.05) is 0 Å². The number of carboxylic acids is 1. The van der Waals surface area contributed by atoms with Crippen LogP contribution in [0.1, 0.15) is 71.1 Å². The van der Waals surface area contributed by atoms with Crippen LogP contribution in [-0.2, 0) is 9.59 Å². The van der Waals surface area contributed by atoms with Crippen LogP contribution in [0.3, 0.4) is 0 Å². The molecule has 1 unspecified atom stereocenters. The highest BCUT2D eigenvalue weighted by molar-refractivity contribution is 8.00. The lowest BCUT2D eigenvalue weighted by atomic mass is 9.91. The van der Waals surface area contributed by atoms with Gasteiger partial charge in [0.25, 0.3) is 0 Å². The number of hydrogen-bond acceptors (Lipinski definition) is 6. The molecule has 2 saturated carbocycles. The minimum Gasteiger partial charge on any atom is -0.480 e. The lowest BCUT2D eigenvalue weighted by Gasteiger charge is -2.30. The van der Waals surface area contributed by atoms with Gasteiger partial charge < -0.3 is 20.8 Å². The number of carbonyl (C=O) groups is 2. The Morgan fingerprint density at radius 3 is 1.93 bits per heavy atom.